The number of H-pyrrole nitrogens is 1. The first-order valence-corrected chi connectivity index (χ1v) is 5.01. The van der Waals surface area contributed by atoms with Crippen LogP contribution in [0, 0.1) is 0 Å². The molecule has 15 heavy (non-hydrogen) atoms. The van der Waals surface area contributed by atoms with E-state index in [9.17, 15) is 9.90 Å². The standard InChI is InChI=1S/C10H8BrNO3/c1-15-8-3-2-6(11)5-4-7(13)10(14)12-9(5)8/h2-4,13H,1H3,(H,12,14). The van der Waals surface area contributed by atoms with Gasteiger partial charge in [0.15, 0.2) is 5.75 Å². The molecule has 0 aliphatic rings. The molecule has 1 aromatic carbocycles. The highest BCUT2D eigenvalue weighted by atomic mass is 79.9. The summed E-state index contributed by atoms with van der Waals surface area (Å²) in [4.78, 5) is 13.8. The van der Waals surface area contributed by atoms with E-state index >= 15 is 0 Å². The Morgan fingerprint density at radius 1 is 1.47 bits per heavy atom. The van der Waals surface area contributed by atoms with Crippen molar-refractivity contribution >= 4 is 26.8 Å². The molecule has 4 nitrogen and oxygen atoms in total. The van der Waals surface area contributed by atoms with Crippen molar-refractivity contribution < 1.29 is 9.84 Å². The highest BCUT2D eigenvalue weighted by Gasteiger charge is 2.08. The fourth-order valence-electron chi connectivity index (χ4n) is 1.39. The van der Waals surface area contributed by atoms with Gasteiger partial charge in [0, 0.05) is 9.86 Å². The number of benzene rings is 1. The minimum atomic E-state index is -0.529. The number of hydrogen-bond donors (Lipinski definition) is 2. The second-order valence-corrected chi connectivity index (χ2v) is 3.88. The quantitative estimate of drug-likeness (QED) is 0.833. The molecule has 2 aromatic rings. The number of ether oxygens (including phenoxy) is 1. The fourth-order valence-corrected chi connectivity index (χ4v) is 1.84. The number of nitrogens with one attached hydrogen (secondary N) is 1. The average molecular weight is 270 g/mol. The molecule has 0 saturated carbocycles. The highest BCUT2D eigenvalue weighted by Crippen LogP contribution is 2.30. The maximum Gasteiger partial charge on any atom is 0.290 e. The molecule has 0 bridgehead atoms. The molecule has 0 fully saturated rings. The van der Waals surface area contributed by atoms with Gasteiger partial charge in [-0.2, -0.15) is 0 Å². The lowest BCUT2D eigenvalue weighted by Crippen LogP contribution is -2.05. The van der Waals surface area contributed by atoms with E-state index in [0.29, 0.717) is 16.7 Å². The van der Waals surface area contributed by atoms with E-state index in [1.807, 2.05) is 0 Å². The lowest BCUT2D eigenvalue weighted by molar-refractivity contribution is 0.418. The molecule has 1 aromatic heterocycles. The predicted molar refractivity (Wildman–Crippen MR) is 60.5 cm³/mol. The minimum absolute atomic E-state index is 0.309. The second kappa shape index (κ2) is 3.58. The van der Waals surface area contributed by atoms with Crippen LogP contribution in [0.25, 0.3) is 10.9 Å². The van der Waals surface area contributed by atoms with Crippen molar-refractivity contribution in [1.82, 2.24) is 4.98 Å². The number of pyridine rings is 1. The maximum absolute atomic E-state index is 11.2. The Morgan fingerprint density at radius 3 is 2.87 bits per heavy atom. The van der Waals surface area contributed by atoms with Gasteiger partial charge in [-0.05, 0) is 18.2 Å². The number of fused-ring (bicyclic) bond motifs is 1. The summed E-state index contributed by atoms with van der Waals surface area (Å²) in [6, 6.07) is 4.93. The van der Waals surface area contributed by atoms with Crippen LogP contribution in [0.15, 0.2) is 27.5 Å². The Bertz CT molecular complexity index is 577. The summed E-state index contributed by atoms with van der Waals surface area (Å²) in [7, 11) is 1.52. The zero-order chi connectivity index (χ0) is 11.0. The van der Waals surface area contributed by atoms with Crippen LogP contribution in [0.2, 0.25) is 0 Å². The van der Waals surface area contributed by atoms with Gasteiger partial charge >= 0.3 is 0 Å². The number of halogens is 1. The van der Waals surface area contributed by atoms with Crippen LogP contribution in [0.1, 0.15) is 0 Å². The van der Waals surface area contributed by atoms with Crippen molar-refractivity contribution in [2.45, 2.75) is 0 Å². The highest BCUT2D eigenvalue weighted by molar-refractivity contribution is 9.10. The topological polar surface area (TPSA) is 62.3 Å². The second-order valence-electron chi connectivity index (χ2n) is 3.02. The minimum Gasteiger partial charge on any atom is -0.503 e. The Labute approximate surface area is 93.6 Å². The van der Waals surface area contributed by atoms with Crippen molar-refractivity contribution in [3.63, 3.8) is 0 Å². The van der Waals surface area contributed by atoms with Gasteiger partial charge in [-0.25, -0.2) is 0 Å². The van der Waals surface area contributed by atoms with Crippen LogP contribution in [0.4, 0.5) is 0 Å². The maximum atomic E-state index is 11.2. The molecule has 0 atom stereocenters. The van der Waals surface area contributed by atoms with Crippen molar-refractivity contribution in [2.24, 2.45) is 0 Å². The summed E-state index contributed by atoms with van der Waals surface area (Å²) in [6.07, 6.45) is 0. The van der Waals surface area contributed by atoms with Crippen molar-refractivity contribution in [1.29, 1.82) is 0 Å². The van der Waals surface area contributed by atoms with E-state index in [-0.39, 0.29) is 5.75 Å². The SMILES string of the molecule is COc1ccc(Br)c2cc(O)c(=O)[nH]c12. The van der Waals surface area contributed by atoms with E-state index in [1.54, 1.807) is 12.1 Å². The number of aromatic hydroxyl groups is 1. The van der Waals surface area contributed by atoms with Crippen LogP contribution >= 0.6 is 15.9 Å². The van der Waals surface area contributed by atoms with E-state index in [0.717, 1.165) is 4.47 Å². The number of rotatable bonds is 1. The first-order chi connectivity index (χ1) is 7.13. The van der Waals surface area contributed by atoms with Gasteiger partial charge in [-0.15, -0.1) is 0 Å². The molecule has 2 rings (SSSR count). The van der Waals surface area contributed by atoms with Crippen molar-refractivity contribution in [2.75, 3.05) is 7.11 Å². The largest absolute Gasteiger partial charge is 0.503 e. The van der Waals surface area contributed by atoms with Crippen LogP contribution < -0.4 is 10.3 Å². The normalized spacial score (nSPS) is 10.5. The summed E-state index contributed by atoms with van der Waals surface area (Å²) in [5.74, 6) is 0.252. The van der Waals surface area contributed by atoms with Crippen LogP contribution in [0.3, 0.4) is 0 Å². The van der Waals surface area contributed by atoms with Gasteiger partial charge in [0.25, 0.3) is 5.56 Å². The summed E-state index contributed by atoms with van der Waals surface area (Å²) in [6.45, 7) is 0. The summed E-state index contributed by atoms with van der Waals surface area (Å²) >= 11 is 3.33. The lowest BCUT2D eigenvalue weighted by atomic mass is 10.2. The number of hydrogen-bond acceptors (Lipinski definition) is 3. The van der Waals surface area contributed by atoms with Gasteiger partial charge in [-0.3, -0.25) is 4.79 Å². The third-order valence-electron chi connectivity index (χ3n) is 2.13. The van der Waals surface area contributed by atoms with Gasteiger partial charge in [0.1, 0.15) is 5.75 Å². The van der Waals surface area contributed by atoms with E-state index < -0.39 is 5.56 Å². The van der Waals surface area contributed by atoms with Crippen molar-refractivity contribution in [3.8, 4) is 11.5 Å². The third-order valence-corrected chi connectivity index (χ3v) is 2.82. The van der Waals surface area contributed by atoms with Crippen molar-refractivity contribution in [3.05, 3.63) is 33.0 Å². The van der Waals surface area contributed by atoms with E-state index in [4.69, 9.17) is 4.74 Å². The molecule has 0 amide bonds. The van der Waals surface area contributed by atoms with Gasteiger partial charge in [0.2, 0.25) is 0 Å². The summed E-state index contributed by atoms with van der Waals surface area (Å²) in [5.41, 5.74) is 0.0357. The predicted octanol–water partition coefficient (Wildman–Crippen LogP) is 2.00. The first kappa shape index (κ1) is 10.0. The third kappa shape index (κ3) is 1.59. The Balaban J connectivity index is 2.95. The summed E-state index contributed by atoms with van der Waals surface area (Å²) < 4.78 is 5.89. The molecule has 0 unspecified atom stereocenters. The number of aromatic nitrogens is 1. The molecule has 1 heterocycles. The molecule has 2 N–H and O–H groups in total. The van der Waals surface area contributed by atoms with Gasteiger partial charge < -0.3 is 14.8 Å². The molecule has 78 valence electrons. The number of methoxy groups -OCH3 is 1. The van der Waals surface area contributed by atoms with Crippen LogP contribution in [-0.4, -0.2) is 17.2 Å². The average Bonchev–Trinajstić information content (AvgIpc) is 2.22. The molecule has 0 spiro atoms. The molecule has 5 heteroatoms. The molecule has 0 aliphatic carbocycles. The van der Waals surface area contributed by atoms with Crippen LogP contribution in [-0.2, 0) is 0 Å². The monoisotopic (exact) mass is 269 g/mol. The van der Waals surface area contributed by atoms with Gasteiger partial charge in [-0.1, -0.05) is 15.9 Å². The Hall–Kier alpha value is -1.49. The molecule has 0 saturated heterocycles. The molecular weight excluding hydrogens is 262 g/mol. The summed E-state index contributed by atoms with van der Waals surface area (Å²) in [5, 5.41) is 10.0. The zero-order valence-corrected chi connectivity index (χ0v) is 9.46. The number of aromatic amines is 1. The Morgan fingerprint density at radius 2 is 2.20 bits per heavy atom. The smallest absolute Gasteiger partial charge is 0.290 e. The van der Waals surface area contributed by atoms with Gasteiger partial charge in [0.05, 0.1) is 12.6 Å². The fraction of sp³-hybridized carbons (Fsp3) is 0.100. The first-order valence-electron chi connectivity index (χ1n) is 4.22. The lowest BCUT2D eigenvalue weighted by Gasteiger charge is -2.06. The zero-order valence-electron chi connectivity index (χ0n) is 7.87. The van der Waals surface area contributed by atoms with E-state index in [2.05, 4.69) is 20.9 Å². The van der Waals surface area contributed by atoms with Crippen LogP contribution in [0.5, 0.6) is 11.5 Å². The molecule has 0 aliphatic heterocycles. The van der Waals surface area contributed by atoms with E-state index in [1.165, 1.54) is 13.2 Å². The molecule has 0 radical (unpaired) electrons. The Kier molecular flexibility index (Phi) is 2.40. The molecular formula is C10H8BrNO3.